The van der Waals surface area contributed by atoms with Crippen LogP contribution in [0, 0.1) is 0 Å². The Bertz CT molecular complexity index is 721. The Kier molecular flexibility index (Phi) is 6.35. The average molecular weight is 404 g/mol. The zero-order valence-corrected chi connectivity index (χ0v) is 16.5. The first kappa shape index (κ1) is 18.2. The lowest BCUT2D eigenvalue weighted by molar-refractivity contribution is 0.0600. The molecule has 0 fully saturated rings. The quantitative estimate of drug-likeness (QED) is 0.352. The van der Waals surface area contributed by atoms with Gasteiger partial charge in [0.15, 0.2) is 0 Å². The normalized spacial score (nSPS) is 13.5. The lowest BCUT2D eigenvalue weighted by atomic mass is 9.93. The molecular formula is C21H26BrNO2. The monoisotopic (exact) mass is 403 g/mol. The predicted octanol–water partition coefficient (Wildman–Crippen LogP) is 5.39. The fourth-order valence-electron chi connectivity index (χ4n) is 3.88. The second-order valence-electron chi connectivity index (χ2n) is 6.61. The first-order valence-corrected chi connectivity index (χ1v) is 10.3. The van der Waals surface area contributed by atoms with Crippen LogP contribution in [0.2, 0.25) is 0 Å². The maximum Gasteiger partial charge on any atom is 0.340 e. The number of methoxy groups -OCH3 is 1. The number of unbranched alkanes of at least 4 members (excludes halogenated alkanes) is 2. The van der Waals surface area contributed by atoms with Crippen LogP contribution in [0.15, 0.2) is 30.3 Å². The summed E-state index contributed by atoms with van der Waals surface area (Å²) in [4.78, 5) is 12.6. The van der Waals surface area contributed by atoms with E-state index in [-0.39, 0.29) is 5.97 Å². The molecule has 1 aromatic carbocycles. The number of halogens is 1. The van der Waals surface area contributed by atoms with E-state index in [2.05, 4.69) is 32.6 Å². The Morgan fingerprint density at radius 3 is 2.60 bits per heavy atom. The minimum Gasteiger partial charge on any atom is -0.465 e. The Labute approximate surface area is 158 Å². The van der Waals surface area contributed by atoms with Crippen LogP contribution < -0.4 is 0 Å². The largest absolute Gasteiger partial charge is 0.465 e. The molecule has 3 nitrogen and oxygen atoms in total. The maximum atomic E-state index is 12.6. The molecule has 1 aliphatic rings. The van der Waals surface area contributed by atoms with E-state index in [1.54, 1.807) is 0 Å². The van der Waals surface area contributed by atoms with Gasteiger partial charge in [0.2, 0.25) is 0 Å². The number of ether oxygens (including phenoxy) is 1. The van der Waals surface area contributed by atoms with Crippen LogP contribution in [-0.2, 0) is 24.1 Å². The summed E-state index contributed by atoms with van der Waals surface area (Å²) in [6, 6.07) is 10.3. The van der Waals surface area contributed by atoms with E-state index in [1.165, 1.54) is 37.6 Å². The summed E-state index contributed by atoms with van der Waals surface area (Å²) >= 11 is 3.51. The summed E-state index contributed by atoms with van der Waals surface area (Å²) in [6.07, 6.45) is 7.91. The van der Waals surface area contributed by atoms with E-state index in [4.69, 9.17) is 4.74 Å². The molecule has 0 unspecified atom stereocenters. The highest BCUT2D eigenvalue weighted by molar-refractivity contribution is 9.09. The highest BCUT2D eigenvalue weighted by Gasteiger charge is 2.29. The van der Waals surface area contributed by atoms with Gasteiger partial charge in [-0.05, 0) is 49.7 Å². The number of hydrogen-bond donors (Lipinski definition) is 0. The molecule has 1 aromatic heterocycles. The molecule has 0 aliphatic heterocycles. The number of nitrogens with zero attached hydrogens (tertiary/aromatic N) is 1. The van der Waals surface area contributed by atoms with Crippen molar-refractivity contribution in [3.05, 3.63) is 47.2 Å². The summed E-state index contributed by atoms with van der Waals surface area (Å²) in [6.45, 7) is 0.969. The van der Waals surface area contributed by atoms with Crippen LogP contribution in [0.25, 0.3) is 11.3 Å². The number of carbonyl (C=O) groups is 1. The molecule has 0 N–H and O–H groups in total. The van der Waals surface area contributed by atoms with Gasteiger partial charge >= 0.3 is 5.97 Å². The van der Waals surface area contributed by atoms with Gasteiger partial charge in [0.1, 0.15) is 0 Å². The topological polar surface area (TPSA) is 31.2 Å². The van der Waals surface area contributed by atoms with Crippen LogP contribution >= 0.6 is 15.9 Å². The zero-order valence-electron chi connectivity index (χ0n) is 14.9. The third-order valence-corrected chi connectivity index (χ3v) is 5.59. The van der Waals surface area contributed by atoms with Crippen LogP contribution in [0.1, 0.15) is 53.7 Å². The van der Waals surface area contributed by atoms with Crippen LogP contribution in [0.5, 0.6) is 0 Å². The molecule has 3 rings (SSSR count). The van der Waals surface area contributed by atoms with Crippen molar-refractivity contribution in [2.75, 3.05) is 12.4 Å². The number of benzene rings is 1. The molecule has 0 amide bonds. The molecule has 134 valence electrons. The zero-order chi connectivity index (χ0) is 17.6. The van der Waals surface area contributed by atoms with E-state index in [9.17, 15) is 4.79 Å². The fourth-order valence-corrected chi connectivity index (χ4v) is 4.27. The molecular weight excluding hydrogens is 378 g/mol. The van der Waals surface area contributed by atoms with Gasteiger partial charge in [-0.1, -0.05) is 52.7 Å². The van der Waals surface area contributed by atoms with Gasteiger partial charge in [-0.2, -0.15) is 0 Å². The highest BCUT2D eigenvalue weighted by Crippen LogP contribution is 2.37. The third-order valence-electron chi connectivity index (χ3n) is 5.03. The Morgan fingerprint density at radius 1 is 1.12 bits per heavy atom. The van der Waals surface area contributed by atoms with Gasteiger partial charge in [-0.15, -0.1) is 0 Å². The molecule has 25 heavy (non-hydrogen) atoms. The highest BCUT2D eigenvalue weighted by atomic mass is 79.9. The molecule has 0 atom stereocenters. The van der Waals surface area contributed by atoms with Crippen molar-refractivity contribution in [1.29, 1.82) is 0 Å². The van der Waals surface area contributed by atoms with Gasteiger partial charge in [0, 0.05) is 17.6 Å². The standard InChI is InChI=1S/C21H26BrNO2/c1-25-21(24)19-17-12-6-7-13-18(17)23(15-9-3-8-14-22)20(19)16-10-4-2-5-11-16/h2,4-5,10-11H,3,6-9,12-15H2,1H3. The Balaban J connectivity index is 2.10. The van der Waals surface area contributed by atoms with Crippen molar-refractivity contribution < 1.29 is 9.53 Å². The summed E-state index contributed by atoms with van der Waals surface area (Å²) in [5.74, 6) is -0.198. The van der Waals surface area contributed by atoms with E-state index in [0.717, 1.165) is 54.4 Å². The van der Waals surface area contributed by atoms with Crippen LogP contribution in [0.4, 0.5) is 0 Å². The van der Waals surface area contributed by atoms with Crippen molar-refractivity contribution in [2.24, 2.45) is 0 Å². The molecule has 2 aromatic rings. The molecule has 0 radical (unpaired) electrons. The van der Waals surface area contributed by atoms with Crippen molar-refractivity contribution in [3.8, 4) is 11.3 Å². The second kappa shape index (κ2) is 8.70. The average Bonchev–Trinajstić information content (AvgIpc) is 3.00. The van der Waals surface area contributed by atoms with Crippen molar-refractivity contribution in [2.45, 2.75) is 51.5 Å². The molecule has 0 saturated heterocycles. The molecule has 0 saturated carbocycles. The summed E-state index contributed by atoms with van der Waals surface area (Å²) in [7, 11) is 1.49. The molecule has 0 bridgehead atoms. The minimum absolute atomic E-state index is 0.198. The van der Waals surface area contributed by atoms with Gasteiger partial charge in [0.25, 0.3) is 0 Å². The molecule has 4 heteroatoms. The van der Waals surface area contributed by atoms with E-state index >= 15 is 0 Å². The molecule has 0 spiro atoms. The maximum absolute atomic E-state index is 12.6. The second-order valence-corrected chi connectivity index (χ2v) is 7.41. The lowest BCUT2D eigenvalue weighted by Crippen LogP contribution is -2.10. The summed E-state index contributed by atoms with van der Waals surface area (Å²) in [5.41, 5.74) is 5.53. The van der Waals surface area contributed by atoms with Gasteiger partial charge in [-0.25, -0.2) is 4.79 Å². The Morgan fingerprint density at radius 2 is 1.88 bits per heavy atom. The summed E-state index contributed by atoms with van der Waals surface area (Å²) in [5, 5.41) is 1.05. The minimum atomic E-state index is -0.198. The van der Waals surface area contributed by atoms with Crippen molar-refractivity contribution in [3.63, 3.8) is 0 Å². The van der Waals surface area contributed by atoms with E-state index in [0.29, 0.717) is 0 Å². The number of esters is 1. The van der Waals surface area contributed by atoms with Gasteiger partial charge in [0.05, 0.1) is 18.4 Å². The third kappa shape index (κ3) is 3.84. The smallest absolute Gasteiger partial charge is 0.340 e. The first-order valence-electron chi connectivity index (χ1n) is 9.21. The van der Waals surface area contributed by atoms with Crippen molar-refractivity contribution in [1.82, 2.24) is 4.57 Å². The number of aromatic nitrogens is 1. The number of fused-ring (bicyclic) bond motifs is 1. The van der Waals surface area contributed by atoms with E-state index in [1.807, 2.05) is 18.2 Å². The van der Waals surface area contributed by atoms with Gasteiger partial charge in [-0.3, -0.25) is 0 Å². The fraction of sp³-hybridized carbons (Fsp3) is 0.476. The van der Waals surface area contributed by atoms with Crippen LogP contribution in [-0.4, -0.2) is 23.0 Å². The predicted molar refractivity (Wildman–Crippen MR) is 105 cm³/mol. The number of rotatable bonds is 7. The Hall–Kier alpha value is -1.55. The SMILES string of the molecule is COC(=O)c1c2c(n(CCCCCBr)c1-c1ccccc1)CCCC2. The number of alkyl halides is 1. The molecule has 1 aliphatic carbocycles. The first-order chi connectivity index (χ1) is 12.3. The van der Waals surface area contributed by atoms with E-state index < -0.39 is 0 Å². The number of hydrogen-bond acceptors (Lipinski definition) is 2. The number of carbonyl (C=O) groups excluding carboxylic acids is 1. The van der Waals surface area contributed by atoms with Gasteiger partial charge < -0.3 is 9.30 Å². The van der Waals surface area contributed by atoms with Crippen LogP contribution in [0.3, 0.4) is 0 Å². The summed E-state index contributed by atoms with van der Waals surface area (Å²) < 4.78 is 7.57. The van der Waals surface area contributed by atoms with Crippen molar-refractivity contribution >= 4 is 21.9 Å². The molecule has 1 heterocycles. The lowest BCUT2D eigenvalue weighted by Gasteiger charge is -2.17.